The van der Waals surface area contributed by atoms with Gasteiger partial charge in [0.1, 0.15) is 23.0 Å². The maximum atomic E-state index is 7.34. The number of pyridine rings is 2. The molecule has 4 aromatic heterocycles. The first-order chi connectivity index (χ1) is 45.1. The number of hydrogen-bond donors (Lipinski definition) is 0. The third-order valence-corrected chi connectivity index (χ3v) is 18.9. The van der Waals surface area contributed by atoms with E-state index in [1.807, 2.05) is 66.9 Å². The van der Waals surface area contributed by atoms with Crippen LogP contribution >= 0.6 is 0 Å². The van der Waals surface area contributed by atoms with Crippen molar-refractivity contribution in [2.24, 2.45) is 0 Å². The van der Waals surface area contributed by atoms with Gasteiger partial charge in [-0.05, 0) is 111 Å². The molecule has 0 N–H and O–H groups in total. The number of nitrogens with zero attached hydrogens (tertiary/aromatic N) is 6. The lowest BCUT2D eigenvalue weighted by atomic mass is 9.65. The highest BCUT2D eigenvalue weighted by molar-refractivity contribution is 6.00. The second-order valence-electron chi connectivity index (χ2n) is 23.5. The Morgan fingerprint density at radius 3 is 1.46 bits per heavy atom. The Bertz CT molecular complexity index is 5460. The molecule has 0 saturated heterocycles. The number of fused-ring (bicyclic) bond motifs is 19. The van der Waals surface area contributed by atoms with Crippen LogP contribution in [0.3, 0.4) is 0 Å². The van der Waals surface area contributed by atoms with Crippen LogP contribution in [-0.4, -0.2) is 30.1 Å². The second kappa shape index (κ2) is 19.7. The lowest BCUT2D eigenvalue weighted by Gasteiger charge is -2.40. The van der Waals surface area contributed by atoms with E-state index in [9.17, 15) is 0 Å². The van der Waals surface area contributed by atoms with E-state index >= 15 is 0 Å². The summed E-state index contributed by atoms with van der Waals surface area (Å²) in [6.07, 6.45) is 3.82. The molecule has 15 aromatic rings. The molecular weight excluding hydrogens is 1120 g/mol. The van der Waals surface area contributed by atoms with Crippen LogP contribution in [0.25, 0.3) is 112 Å². The third-order valence-electron chi connectivity index (χ3n) is 18.9. The number of aromatic nitrogens is 6. The molecule has 1 unspecified atom stereocenters. The molecule has 2 aliphatic carbocycles. The predicted octanol–water partition coefficient (Wildman–Crippen LogP) is 19.4. The van der Waals surface area contributed by atoms with Gasteiger partial charge in [0, 0.05) is 73.4 Å². The number of hydrogen-bond acceptors (Lipinski definition) is 9. The summed E-state index contributed by atoms with van der Waals surface area (Å²) in [4.78, 5) is 21.9. The maximum absolute atomic E-state index is 7.34. The van der Waals surface area contributed by atoms with Gasteiger partial charge in [-0.15, -0.1) is 10.2 Å². The minimum absolute atomic E-state index is 0.389. The molecule has 2 aliphatic heterocycles. The van der Waals surface area contributed by atoms with Gasteiger partial charge in [-0.25, -0.2) is 9.97 Å². The van der Waals surface area contributed by atoms with Crippen molar-refractivity contribution >= 4 is 10.9 Å². The van der Waals surface area contributed by atoms with E-state index in [-0.39, 0.29) is 0 Å². The van der Waals surface area contributed by atoms with Gasteiger partial charge < -0.3 is 13.9 Å². The van der Waals surface area contributed by atoms with E-state index in [4.69, 9.17) is 33.8 Å². The van der Waals surface area contributed by atoms with E-state index in [1.54, 1.807) is 6.20 Å². The summed E-state index contributed by atoms with van der Waals surface area (Å²) in [6.45, 7) is 0. The van der Waals surface area contributed by atoms with E-state index in [0.717, 1.165) is 129 Å². The van der Waals surface area contributed by atoms with Crippen LogP contribution < -0.4 is 9.47 Å². The van der Waals surface area contributed by atoms with Crippen LogP contribution in [0.4, 0.5) is 0 Å². The molecule has 4 aliphatic rings. The molecule has 0 saturated carbocycles. The number of benzene rings is 11. The highest BCUT2D eigenvalue weighted by Gasteiger charge is 2.54. The van der Waals surface area contributed by atoms with Crippen molar-refractivity contribution in [2.45, 2.75) is 10.8 Å². The monoisotopic (exact) mass is 1160 g/mol. The molecule has 0 fully saturated rings. The van der Waals surface area contributed by atoms with E-state index in [0.29, 0.717) is 28.9 Å². The van der Waals surface area contributed by atoms with Gasteiger partial charge in [0.25, 0.3) is 0 Å². The van der Waals surface area contributed by atoms with Crippen LogP contribution in [0.5, 0.6) is 23.0 Å². The topological polar surface area (TPSA) is 109 Å². The predicted molar refractivity (Wildman–Crippen MR) is 356 cm³/mol. The Balaban J connectivity index is 0.821. The van der Waals surface area contributed by atoms with Gasteiger partial charge in [0.05, 0.1) is 39.0 Å². The molecule has 0 bridgehead atoms. The molecule has 11 aromatic carbocycles. The molecule has 1 atom stereocenters. The first kappa shape index (κ1) is 50.9. The largest absolute Gasteiger partial charge is 0.456 e. The van der Waals surface area contributed by atoms with Gasteiger partial charge >= 0.3 is 0 Å². The zero-order valence-corrected chi connectivity index (χ0v) is 48.6. The minimum atomic E-state index is -0.813. The number of rotatable bonds is 7. The Labute approximate surface area is 523 Å². The molecule has 19 rings (SSSR count). The minimum Gasteiger partial charge on any atom is -0.456 e. The van der Waals surface area contributed by atoms with Crippen molar-refractivity contribution < 1.29 is 13.9 Å². The summed E-state index contributed by atoms with van der Waals surface area (Å²) < 4.78 is 20.7. The third kappa shape index (κ3) is 7.28. The summed E-state index contributed by atoms with van der Waals surface area (Å²) in [5, 5.41) is 9.70. The van der Waals surface area contributed by atoms with Gasteiger partial charge in [0.15, 0.2) is 5.82 Å². The molecular formula is C82H48N6O3. The highest BCUT2D eigenvalue weighted by Crippen LogP contribution is 2.66. The van der Waals surface area contributed by atoms with Crippen molar-refractivity contribution in [1.29, 1.82) is 0 Å². The van der Waals surface area contributed by atoms with Crippen molar-refractivity contribution in [3.05, 3.63) is 336 Å². The maximum Gasteiger partial charge on any atom is 0.249 e. The van der Waals surface area contributed by atoms with Crippen molar-refractivity contribution in [3.63, 3.8) is 0 Å². The van der Waals surface area contributed by atoms with Crippen molar-refractivity contribution in [1.82, 2.24) is 30.1 Å². The van der Waals surface area contributed by atoms with Gasteiger partial charge in [-0.3, -0.25) is 9.97 Å². The van der Waals surface area contributed by atoms with Gasteiger partial charge in [0.2, 0.25) is 11.8 Å². The summed E-state index contributed by atoms with van der Waals surface area (Å²) in [6, 6.07) is 97.8. The fourth-order valence-electron chi connectivity index (χ4n) is 15.2. The van der Waals surface area contributed by atoms with Crippen molar-refractivity contribution in [2.75, 3.05) is 0 Å². The van der Waals surface area contributed by atoms with Crippen LogP contribution in [0, 0.1) is 0 Å². The standard InChI is InChI=1S/C82H48N6O3/c1-3-22-49(23-4-1)74-57-29-10-16-41-70(57)85-78(86-74)60-46-52(48-84-75(60)59-32-21-40-68-77(59)90-71-42-17-14-36-64(71)81(68)61-33-11-7-26-54(61)55-27-8-12-34-62(55)81)53-30-19-38-66-73(53)56-28-9-13-35-63(56)82(66)65-37-15-18-43-72(65)89-76-58(31-20-39-67(76)82)69-45-44-51(47-83-69)80-88-87-79(91-80)50-24-5-2-6-25-50/h1-48H. The first-order valence-corrected chi connectivity index (χ1v) is 30.6. The first-order valence-electron chi connectivity index (χ1n) is 30.6. The SMILES string of the molecule is c1ccc(-c2nnc(-c3ccc(-c4cccc5c4Oc4ccccc4C54c5ccccc5-c5c(-c6cnc(-c7cccc8c7Oc7ccccc7C87c8ccccc8-c8ccccc87)c(-c7nc(-c8ccccc8)c8ccccc8n7)c6)cccc54)nc3)o2)cc1. The lowest BCUT2D eigenvalue weighted by molar-refractivity contribution is 0.437. The summed E-state index contributed by atoms with van der Waals surface area (Å²) in [5.41, 5.74) is 22.0. The smallest absolute Gasteiger partial charge is 0.249 e. The van der Waals surface area contributed by atoms with E-state index in [2.05, 4.69) is 229 Å². The molecule has 0 radical (unpaired) electrons. The zero-order valence-electron chi connectivity index (χ0n) is 48.6. The average Bonchev–Trinajstić information content (AvgIpc) is 1.58. The van der Waals surface area contributed by atoms with E-state index < -0.39 is 10.8 Å². The Kier molecular flexibility index (Phi) is 11.0. The number of ether oxygens (including phenoxy) is 2. The normalized spacial score (nSPS) is 14.7. The zero-order chi connectivity index (χ0) is 59.8. The van der Waals surface area contributed by atoms with Crippen LogP contribution in [0.2, 0.25) is 0 Å². The summed E-state index contributed by atoms with van der Waals surface area (Å²) in [5.74, 6) is 4.41. The van der Waals surface area contributed by atoms with Crippen LogP contribution in [0.15, 0.2) is 296 Å². The van der Waals surface area contributed by atoms with Crippen molar-refractivity contribution in [3.8, 4) is 124 Å². The lowest BCUT2D eigenvalue weighted by Crippen LogP contribution is -2.32. The molecule has 9 heteroatoms. The quantitative estimate of drug-likeness (QED) is 0.154. The van der Waals surface area contributed by atoms with Crippen LogP contribution in [-0.2, 0) is 10.8 Å². The van der Waals surface area contributed by atoms with E-state index in [1.165, 1.54) is 22.3 Å². The molecule has 91 heavy (non-hydrogen) atoms. The molecule has 6 heterocycles. The Morgan fingerprint density at radius 2 is 0.791 bits per heavy atom. The molecule has 424 valence electrons. The fraction of sp³-hybridized carbons (Fsp3) is 0.0244. The average molecular weight is 1170 g/mol. The number of para-hydroxylation sites is 5. The molecule has 9 nitrogen and oxygen atoms in total. The Morgan fingerprint density at radius 1 is 0.297 bits per heavy atom. The summed E-state index contributed by atoms with van der Waals surface area (Å²) in [7, 11) is 0. The van der Waals surface area contributed by atoms with Gasteiger partial charge in [-0.2, -0.15) is 0 Å². The molecule has 0 amide bonds. The summed E-state index contributed by atoms with van der Waals surface area (Å²) >= 11 is 0. The molecule has 2 spiro atoms. The fourth-order valence-corrected chi connectivity index (χ4v) is 15.2. The highest BCUT2D eigenvalue weighted by atomic mass is 16.5. The van der Waals surface area contributed by atoms with Crippen LogP contribution in [0.1, 0.15) is 44.5 Å². The van der Waals surface area contributed by atoms with Gasteiger partial charge in [-0.1, -0.05) is 218 Å². The Hall–Kier alpha value is -12.2. The second-order valence-corrected chi connectivity index (χ2v) is 23.5.